The molecule has 1 aliphatic rings. The van der Waals surface area contributed by atoms with E-state index in [2.05, 4.69) is 29.7 Å². The number of aryl methyl sites for hydroxylation is 1. The molecule has 0 bridgehead atoms. The van der Waals surface area contributed by atoms with Crippen LogP contribution < -0.4 is 10.6 Å². The van der Waals surface area contributed by atoms with E-state index in [0.717, 1.165) is 30.4 Å². The molecule has 1 fully saturated rings. The van der Waals surface area contributed by atoms with Gasteiger partial charge in [-0.3, -0.25) is 10.1 Å². The Bertz CT molecular complexity index is 725. The van der Waals surface area contributed by atoms with Crippen molar-refractivity contribution in [2.24, 2.45) is 0 Å². The van der Waals surface area contributed by atoms with Crippen LogP contribution in [0.25, 0.3) is 0 Å². The molecule has 0 saturated heterocycles. The topological polar surface area (TPSA) is 41.1 Å². The van der Waals surface area contributed by atoms with Gasteiger partial charge in [0.1, 0.15) is 5.82 Å². The highest BCUT2D eigenvalue weighted by Gasteiger charge is 2.27. The molecular formula is C21H25FN2O. The monoisotopic (exact) mass is 340 g/mol. The lowest BCUT2D eigenvalue weighted by Gasteiger charge is -2.24. The first-order valence-electron chi connectivity index (χ1n) is 8.97. The van der Waals surface area contributed by atoms with Gasteiger partial charge in [0, 0.05) is 6.04 Å². The first-order chi connectivity index (χ1) is 12.1. The van der Waals surface area contributed by atoms with Gasteiger partial charge in [0.05, 0.1) is 12.1 Å². The smallest absolute Gasteiger partial charge is 0.237 e. The number of carbonyl (C=O) groups is 1. The lowest BCUT2D eigenvalue weighted by atomic mass is 9.96. The van der Waals surface area contributed by atoms with Crippen molar-refractivity contribution in [2.75, 3.05) is 0 Å². The van der Waals surface area contributed by atoms with Gasteiger partial charge >= 0.3 is 0 Å². The van der Waals surface area contributed by atoms with Crippen LogP contribution in [0.2, 0.25) is 0 Å². The highest BCUT2D eigenvalue weighted by molar-refractivity contribution is 5.82. The molecule has 0 aliphatic heterocycles. The van der Waals surface area contributed by atoms with Crippen molar-refractivity contribution in [3.05, 3.63) is 71.0 Å². The molecular weight excluding hydrogens is 315 g/mol. The van der Waals surface area contributed by atoms with E-state index in [1.807, 2.05) is 25.1 Å². The number of carbonyl (C=O) groups excluding carboxylic acids is 1. The average Bonchev–Trinajstić information content (AvgIpc) is 3.43. The molecule has 0 aromatic heterocycles. The summed E-state index contributed by atoms with van der Waals surface area (Å²) in [5.41, 5.74) is 3.09. The maximum absolute atomic E-state index is 13.7. The molecule has 0 unspecified atom stereocenters. The summed E-state index contributed by atoms with van der Waals surface area (Å²) in [4.78, 5) is 12.3. The molecule has 4 heteroatoms. The largest absolute Gasteiger partial charge is 0.352 e. The van der Waals surface area contributed by atoms with Crippen LogP contribution in [0, 0.1) is 5.82 Å². The summed E-state index contributed by atoms with van der Waals surface area (Å²) < 4.78 is 13.7. The molecule has 1 saturated carbocycles. The van der Waals surface area contributed by atoms with Gasteiger partial charge in [-0.15, -0.1) is 0 Å². The van der Waals surface area contributed by atoms with Crippen molar-refractivity contribution >= 4 is 5.91 Å². The van der Waals surface area contributed by atoms with Crippen LogP contribution in [0.1, 0.15) is 49.4 Å². The number of amides is 1. The lowest BCUT2D eigenvalue weighted by Crippen LogP contribution is -2.44. The molecule has 132 valence electrons. The van der Waals surface area contributed by atoms with E-state index in [9.17, 15) is 9.18 Å². The van der Waals surface area contributed by atoms with E-state index in [1.165, 1.54) is 17.7 Å². The van der Waals surface area contributed by atoms with E-state index in [4.69, 9.17) is 0 Å². The van der Waals surface area contributed by atoms with Gasteiger partial charge in [0.15, 0.2) is 0 Å². The Morgan fingerprint density at radius 1 is 1.16 bits per heavy atom. The van der Waals surface area contributed by atoms with E-state index < -0.39 is 0 Å². The van der Waals surface area contributed by atoms with Gasteiger partial charge in [0.25, 0.3) is 0 Å². The van der Waals surface area contributed by atoms with Gasteiger partial charge in [-0.25, -0.2) is 4.39 Å². The Hall–Kier alpha value is -2.20. The molecule has 2 atom stereocenters. The molecule has 0 heterocycles. The van der Waals surface area contributed by atoms with Crippen LogP contribution in [0.4, 0.5) is 4.39 Å². The van der Waals surface area contributed by atoms with Crippen LogP contribution in [-0.2, 0) is 11.2 Å². The zero-order valence-electron chi connectivity index (χ0n) is 14.8. The SMILES string of the molecule is CCc1ccc([C@H](N[C@@H](C)C(=O)NC2CC2)c2cccc(F)c2)cc1. The van der Waals surface area contributed by atoms with Gasteiger partial charge in [-0.05, 0) is 55.0 Å². The highest BCUT2D eigenvalue weighted by Crippen LogP contribution is 2.24. The van der Waals surface area contributed by atoms with Crippen molar-refractivity contribution < 1.29 is 9.18 Å². The van der Waals surface area contributed by atoms with E-state index in [-0.39, 0.29) is 23.8 Å². The van der Waals surface area contributed by atoms with Gasteiger partial charge in [0.2, 0.25) is 5.91 Å². The molecule has 1 aliphatic carbocycles. The van der Waals surface area contributed by atoms with E-state index in [1.54, 1.807) is 6.07 Å². The zero-order chi connectivity index (χ0) is 17.8. The highest BCUT2D eigenvalue weighted by atomic mass is 19.1. The second-order valence-electron chi connectivity index (χ2n) is 6.75. The van der Waals surface area contributed by atoms with E-state index >= 15 is 0 Å². The van der Waals surface area contributed by atoms with Crippen LogP contribution in [0.15, 0.2) is 48.5 Å². The molecule has 0 radical (unpaired) electrons. The fraction of sp³-hybridized carbons (Fsp3) is 0.381. The molecule has 3 rings (SSSR count). The molecule has 0 spiro atoms. The summed E-state index contributed by atoms with van der Waals surface area (Å²) in [6, 6.07) is 14.5. The Balaban J connectivity index is 1.83. The average molecular weight is 340 g/mol. The normalized spacial score (nSPS) is 16.3. The first-order valence-corrected chi connectivity index (χ1v) is 8.97. The van der Waals surface area contributed by atoms with Crippen molar-refractivity contribution in [3.8, 4) is 0 Å². The molecule has 3 nitrogen and oxygen atoms in total. The summed E-state index contributed by atoms with van der Waals surface area (Å²) in [5.74, 6) is -0.279. The van der Waals surface area contributed by atoms with Gasteiger partial charge < -0.3 is 5.32 Å². The van der Waals surface area contributed by atoms with Crippen LogP contribution in [0.3, 0.4) is 0 Å². The fourth-order valence-corrected chi connectivity index (χ4v) is 2.90. The molecule has 2 N–H and O–H groups in total. The number of rotatable bonds is 7. The summed E-state index contributed by atoms with van der Waals surface area (Å²) in [5, 5.41) is 6.38. The molecule has 2 aromatic rings. The molecule has 2 aromatic carbocycles. The third-order valence-electron chi connectivity index (χ3n) is 4.64. The Kier molecular flexibility index (Phi) is 5.49. The Labute approximate surface area is 148 Å². The Morgan fingerprint density at radius 2 is 1.88 bits per heavy atom. The van der Waals surface area contributed by atoms with E-state index in [0.29, 0.717) is 6.04 Å². The molecule has 1 amide bonds. The lowest BCUT2D eigenvalue weighted by molar-refractivity contribution is -0.123. The summed E-state index contributed by atoms with van der Waals surface area (Å²) in [7, 11) is 0. The van der Waals surface area contributed by atoms with Crippen molar-refractivity contribution in [2.45, 2.75) is 51.2 Å². The second-order valence-corrected chi connectivity index (χ2v) is 6.75. The van der Waals surface area contributed by atoms with Crippen LogP contribution in [0.5, 0.6) is 0 Å². The fourth-order valence-electron chi connectivity index (χ4n) is 2.90. The van der Waals surface area contributed by atoms with Crippen molar-refractivity contribution in [1.29, 1.82) is 0 Å². The van der Waals surface area contributed by atoms with Crippen molar-refractivity contribution in [3.63, 3.8) is 0 Å². The van der Waals surface area contributed by atoms with Crippen LogP contribution >= 0.6 is 0 Å². The number of halogens is 1. The minimum atomic E-state index is -0.361. The quantitative estimate of drug-likeness (QED) is 0.806. The predicted octanol–water partition coefficient (Wildman–Crippen LogP) is 3.73. The summed E-state index contributed by atoms with van der Waals surface area (Å²) >= 11 is 0. The summed E-state index contributed by atoms with van der Waals surface area (Å²) in [6.07, 6.45) is 3.09. The number of benzene rings is 2. The van der Waals surface area contributed by atoms with Gasteiger partial charge in [-0.2, -0.15) is 0 Å². The first kappa shape index (κ1) is 17.6. The van der Waals surface area contributed by atoms with Gasteiger partial charge in [-0.1, -0.05) is 43.3 Å². The van der Waals surface area contributed by atoms with Crippen LogP contribution in [-0.4, -0.2) is 18.0 Å². The Morgan fingerprint density at radius 3 is 2.48 bits per heavy atom. The minimum Gasteiger partial charge on any atom is -0.352 e. The standard InChI is InChI=1S/C21H25FN2O/c1-3-15-7-9-16(10-8-15)20(17-5-4-6-18(22)13-17)23-14(2)21(25)24-19-11-12-19/h4-10,13-14,19-20,23H,3,11-12H2,1-2H3,(H,24,25)/t14-,20-/m0/s1. The number of hydrogen-bond donors (Lipinski definition) is 2. The maximum atomic E-state index is 13.7. The zero-order valence-corrected chi connectivity index (χ0v) is 14.8. The number of nitrogens with one attached hydrogen (secondary N) is 2. The number of hydrogen-bond acceptors (Lipinski definition) is 2. The third kappa shape index (κ3) is 4.67. The second kappa shape index (κ2) is 7.79. The minimum absolute atomic E-state index is 0.00548. The predicted molar refractivity (Wildman–Crippen MR) is 97.8 cm³/mol. The third-order valence-corrected chi connectivity index (χ3v) is 4.64. The van der Waals surface area contributed by atoms with Crippen molar-refractivity contribution in [1.82, 2.24) is 10.6 Å². The molecule has 25 heavy (non-hydrogen) atoms. The maximum Gasteiger partial charge on any atom is 0.237 e. The summed E-state index contributed by atoms with van der Waals surface area (Å²) in [6.45, 7) is 3.96.